The van der Waals surface area contributed by atoms with Gasteiger partial charge in [-0.1, -0.05) is 48.5 Å². The molecule has 0 N–H and O–H groups in total. The quantitative estimate of drug-likeness (QED) is 0.294. The summed E-state index contributed by atoms with van der Waals surface area (Å²) in [5.74, 6) is 0.600. The van der Waals surface area contributed by atoms with Crippen molar-refractivity contribution in [2.75, 3.05) is 51.3 Å². The molecule has 3 aliphatic rings. The van der Waals surface area contributed by atoms with Crippen molar-refractivity contribution in [2.24, 2.45) is 0 Å². The van der Waals surface area contributed by atoms with Gasteiger partial charge in [0.1, 0.15) is 18.5 Å². The number of hydrogen-bond acceptors (Lipinski definition) is 7. The van der Waals surface area contributed by atoms with Crippen LogP contribution in [0.2, 0.25) is 5.02 Å². The fourth-order valence-electron chi connectivity index (χ4n) is 6.42. The monoisotopic (exact) mass is 586 g/mol. The molecule has 1 amide bonds. The molecule has 2 fully saturated rings. The molecule has 9 nitrogen and oxygen atoms in total. The molecule has 6 rings (SSSR count). The Morgan fingerprint density at radius 1 is 1.21 bits per heavy atom. The smallest absolute Gasteiger partial charge is 0.318 e. The maximum absolute atomic E-state index is 12.5. The second-order valence-electron chi connectivity index (χ2n) is 11.2. The molecule has 0 spiro atoms. The van der Waals surface area contributed by atoms with E-state index in [1.165, 1.54) is 6.08 Å². The van der Waals surface area contributed by atoms with Crippen molar-refractivity contribution < 1.29 is 14.3 Å². The number of aromatic nitrogens is 2. The van der Waals surface area contributed by atoms with Gasteiger partial charge in [-0.15, -0.1) is 0 Å². The number of fused-ring (bicyclic) bond motifs is 2. The van der Waals surface area contributed by atoms with Crippen LogP contribution in [0.25, 0.3) is 15.6 Å². The van der Waals surface area contributed by atoms with E-state index in [-0.39, 0.29) is 24.6 Å². The van der Waals surface area contributed by atoms with Crippen LogP contribution in [0.3, 0.4) is 0 Å². The van der Waals surface area contributed by atoms with Crippen LogP contribution in [0.4, 0.5) is 5.82 Å². The molecule has 0 bridgehead atoms. The Labute approximate surface area is 251 Å². The first kappa shape index (κ1) is 28.4. The van der Waals surface area contributed by atoms with Gasteiger partial charge in [0, 0.05) is 48.1 Å². The van der Waals surface area contributed by atoms with Gasteiger partial charge >= 0.3 is 6.01 Å². The lowest BCUT2D eigenvalue weighted by atomic mass is 9.94. The summed E-state index contributed by atoms with van der Waals surface area (Å²) in [5.41, 5.74) is 2.85. The van der Waals surface area contributed by atoms with Crippen molar-refractivity contribution in [1.29, 1.82) is 0 Å². The minimum absolute atomic E-state index is 0.155. The van der Waals surface area contributed by atoms with E-state index in [4.69, 9.17) is 37.6 Å². The zero-order chi connectivity index (χ0) is 29.2. The van der Waals surface area contributed by atoms with Gasteiger partial charge < -0.3 is 29.0 Å². The molecule has 2 saturated heterocycles. The number of ether oxygens (including phenoxy) is 2. The number of carbonyl (C=O) groups excluding carboxylic acids is 1. The van der Waals surface area contributed by atoms with Gasteiger partial charge in [-0.05, 0) is 49.5 Å². The van der Waals surface area contributed by atoms with Gasteiger partial charge in [0.15, 0.2) is 0 Å². The third kappa shape index (κ3) is 5.54. The van der Waals surface area contributed by atoms with Crippen LogP contribution in [0, 0.1) is 6.57 Å². The van der Waals surface area contributed by atoms with Crippen molar-refractivity contribution in [3.63, 3.8) is 0 Å². The number of nitrogens with zero attached hydrogens (tertiary/aromatic N) is 6. The van der Waals surface area contributed by atoms with Crippen molar-refractivity contribution in [2.45, 2.75) is 44.1 Å². The zero-order valence-electron chi connectivity index (χ0n) is 23.8. The Balaban J connectivity index is 1.34. The van der Waals surface area contributed by atoms with Crippen molar-refractivity contribution in [3.05, 3.63) is 82.3 Å². The van der Waals surface area contributed by atoms with E-state index in [0.717, 1.165) is 52.8 Å². The highest BCUT2D eigenvalue weighted by atomic mass is 35.5. The average Bonchev–Trinajstić information content (AvgIpc) is 3.43. The lowest BCUT2D eigenvalue weighted by Crippen LogP contribution is -2.56. The molecule has 42 heavy (non-hydrogen) atoms. The maximum Gasteiger partial charge on any atom is 0.318 e. The first-order valence-electron chi connectivity index (χ1n) is 14.5. The van der Waals surface area contributed by atoms with Crippen molar-refractivity contribution in [1.82, 2.24) is 19.8 Å². The van der Waals surface area contributed by atoms with Crippen LogP contribution >= 0.6 is 11.6 Å². The summed E-state index contributed by atoms with van der Waals surface area (Å²) in [7, 11) is 2.12. The number of likely N-dealkylation sites (N-methyl/N-ethyl adjacent to an activating group) is 1. The fourth-order valence-corrected chi connectivity index (χ4v) is 6.72. The molecule has 4 heterocycles. The highest BCUT2D eigenvalue weighted by Gasteiger charge is 2.35. The summed E-state index contributed by atoms with van der Waals surface area (Å²) in [4.78, 5) is 32.2. The van der Waals surface area contributed by atoms with Crippen LogP contribution in [0.15, 0.2) is 49.1 Å². The van der Waals surface area contributed by atoms with E-state index in [9.17, 15) is 4.79 Å². The second-order valence-corrected chi connectivity index (χ2v) is 11.6. The van der Waals surface area contributed by atoms with Gasteiger partial charge in [-0.3, -0.25) is 4.79 Å². The summed E-state index contributed by atoms with van der Waals surface area (Å²) >= 11 is 6.67. The Morgan fingerprint density at radius 2 is 2.05 bits per heavy atom. The lowest BCUT2D eigenvalue weighted by molar-refractivity contribution is -0.128. The molecule has 3 aromatic rings. The molecule has 0 aliphatic carbocycles. The molecule has 3 atom stereocenters. The van der Waals surface area contributed by atoms with Gasteiger partial charge in [0.25, 0.3) is 0 Å². The number of rotatable bonds is 7. The molecular weight excluding hydrogens is 552 g/mol. The molecule has 1 aromatic heterocycles. The minimum Gasteiger partial charge on any atom is -0.462 e. The van der Waals surface area contributed by atoms with Crippen molar-refractivity contribution in [3.8, 4) is 6.01 Å². The lowest BCUT2D eigenvalue weighted by Gasteiger charge is -2.40. The fraction of sp³-hybridized carbons (Fsp3) is 0.438. The molecule has 2 aromatic carbocycles. The van der Waals surface area contributed by atoms with Gasteiger partial charge in [0.05, 0.1) is 18.4 Å². The van der Waals surface area contributed by atoms with Gasteiger partial charge in [-0.25, -0.2) is 6.57 Å². The third-order valence-electron chi connectivity index (χ3n) is 8.71. The van der Waals surface area contributed by atoms with Crippen LogP contribution in [0.5, 0.6) is 6.01 Å². The molecule has 1 unspecified atom stereocenters. The van der Waals surface area contributed by atoms with E-state index in [0.29, 0.717) is 56.3 Å². The average molecular weight is 587 g/mol. The maximum atomic E-state index is 12.5. The number of halogens is 1. The summed E-state index contributed by atoms with van der Waals surface area (Å²) in [6.07, 6.45) is 3.89. The van der Waals surface area contributed by atoms with E-state index < -0.39 is 0 Å². The van der Waals surface area contributed by atoms with Crippen molar-refractivity contribution >= 4 is 34.1 Å². The third-order valence-corrected chi connectivity index (χ3v) is 9.02. The number of anilines is 1. The van der Waals surface area contributed by atoms with E-state index in [2.05, 4.69) is 46.5 Å². The number of carbonyl (C=O) groups is 1. The minimum atomic E-state index is -0.265. The number of piperazine rings is 1. The topological polar surface area (TPSA) is 75.4 Å². The SMILES string of the molecule is [C-]#[N+]C[C@H]1CN(c2nc(OC[C@H]3CCCN3C)nc3c2COC(c2cccc4cccc(Cl)c24)C3)CCN1C(=O)C=C. The molecule has 0 radical (unpaired) electrons. The largest absolute Gasteiger partial charge is 0.462 e. The predicted octanol–water partition coefficient (Wildman–Crippen LogP) is 4.69. The summed E-state index contributed by atoms with van der Waals surface area (Å²) in [5, 5.41) is 2.76. The number of hydrogen-bond donors (Lipinski definition) is 0. The molecule has 3 aliphatic heterocycles. The zero-order valence-corrected chi connectivity index (χ0v) is 24.6. The Hall–Kier alpha value is -3.71. The standard InChI is InChI=1S/C32H35ClN6O3/c1-4-29(40)39-15-14-38(18-23(39)17-34-2)31-25-20-41-28(24-11-5-8-21-9-6-12-26(33)30(21)24)16-27(25)35-32(36-31)42-19-22-10-7-13-37(22)3/h4-6,8-9,11-12,22-23,28H,1,7,10,13-20H2,3H3/t22-,23+,28?/m1/s1. The highest BCUT2D eigenvalue weighted by Crippen LogP contribution is 2.39. The van der Waals surface area contributed by atoms with Crippen LogP contribution in [0.1, 0.15) is 35.8 Å². The second kappa shape index (κ2) is 12.3. The van der Waals surface area contributed by atoms with Gasteiger partial charge in [0.2, 0.25) is 12.5 Å². The van der Waals surface area contributed by atoms with Crippen LogP contribution in [-0.2, 0) is 22.6 Å². The Kier molecular flexibility index (Phi) is 8.29. The number of benzene rings is 2. The Morgan fingerprint density at radius 3 is 2.81 bits per heavy atom. The molecule has 10 heteroatoms. The molecule has 218 valence electrons. The van der Waals surface area contributed by atoms with Crippen LogP contribution < -0.4 is 9.64 Å². The summed E-state index contributed by atoms with van der Waals surface area (Å²) < 4.78 is 12.8. The number of likely N-dealkylation sites (tertiary alicyclic amines) is 1. The highest BCUT2D eigenvalue weighted by molar-refractivity contribution is 6.35. The summed E-state index contributed by atoms with van der Waals surface area (Å²) in [6, 6.07) is 12.5. The molecular formula is C32H35ClN6O3. The summed E-state index contributed by atoms with van der Waals surface area (Å²) in [6.45, 7) is 14.8. The first-order chi connectivity index (χ1) is 20.5. The van der Waals surface area contributed by atoms with Crippen LogP contribution in [-0.4, -0.2) is 84.1 Å². The predicted molar refractivity (Wildman–Crippen MR) is 163 cm³/mol. The van der Waals surface area contributed by atoms with E-state index in [1.807, 2.05) is 18.2 Å². The molecule has 0 saturated carbocycles. The Bertz CT molecular complexity index is 1540. The van der Waals surface area contributed by atoms with E-state index >= 15 is 0 Å². The number of amides is 1. The first-order valence-corrected chi connectivity index (χ1v) is 14.9. The normalized spacial score (nSPS) is 22.5. The van der Waals surface area contributed by atoms with E-state index in [1.54, 1.807) is 4.90 Å². The van der Waals surface area contributed by atoms with Gasteiger partial charge in [-0.2, -0.15) is 9.97 Å².